The number of ketones is 1. The third kappa shape index (κ3) is 4.95. The van der Waals surface area contributed by atoms with Crippen molar-refractivity contribution in [3.8, 4) is 0 Å². The first-order valence-electron chi connectivity index (χ1n) is 9.36. The molecule has 0 aliphatic carbocycles. The van der Waals surface area contributed by atoms with Crippen LogP contribution in [-0.4, -0.2) is 79.0 Å². The largest absolute Gasteiger partial charge is 0.418 e. The van der Waals surface area contributed by atoms with Gasteiger partial charge in [-0.05, 0) is 12.1 Å². The molecule has 3 N–H and O–H groups in total. The Kier molecular flexibility index (Phi) is 6.56. The number of hydrogen-bond acceptors (Lipinski definition) is 6. The quantitative estimate of drug-likeness (QED) is 0.366. The molecule has 0 aromatic heterocycles. The van der Waals surface area contributed by atoms with E-state index in [-0.39, 0.29) is 17.7 Å². The predicted octanol–water partition coefficient (Wildman–Crippen LogP) is 0.924. The molecule has 2 aliphatic heterocycles. The number of amides is 1. The number of nitrogens with zero attached hydrogens (tertiary/aromatic N) is 2. The van der Waals surface area contributed by atoms with Crippen molar-refractivity contribution < 1.29 is 27.9 Å². The molecule has 3 rings (SSSR count). The molecule has 0 atom stereocenters. The Balaban J connectivity index is 1.59. The van der Waals surface area contributed by atoms with E-state index in [0.717, 1.165) is 38.3 Å². The number of β-amino-alcohol motifs (C(OH)–C–C–N with tert-alkyl or cyclic N) is 1. The van der Waals surface area contributed by atoms with Crippen LogP contribution in [0.15, 0.2) is 30.0 Å². The van der Waals surface area contributed by atoms with E-state index in [1.807, 2.05) is 0 Å². The summed E-state index contributed by atoms with van der Waals surface area (Å²) >= 11 is 0. The van der Waals surface area contributed by atoms with Gasteiger partial charge in [-0.15, -0.1) is 0 Å². The molecule has 158 valence electrons. The van der Waals surface area contributed by atoms with Gasteiger partial charge in [0.2, 0.25) is 5.78 Å². The molecule has 1 aromatic rings. The Morgan fingerprint density at radius 2 is 1.76 bits per heavy atom. The molecular formula is C19H23F3N4O3. The molecule has 0 unspecified atom stereocenters. The van der Waals surface area contributed by atoms with E-state index in [2.05, 4.69) is 20.4 Å². The first-order chi connectivity index (χ1) is 13.8. The maximum absolute atomic E-state index is 13.1. The van der Waals surface area contributed by atoms with Gasteiger partial charge in [0.1, 0.15) is 5.57 Å². The van der Waals surface area contributed by atoms with E-state index in [4.69, 9.17) is 5.11 Å². The van der Waals surface area contributed by atoms with Crippen molar-refractivity contribution in [3.63, 3.8) is 0 Å². The van der Waals surface area contributed by atoms with Crippen LogP contribution in [0.1, 0.15) is 15.9 Å². The van der Waals surface area contributed by atoms with Gasteiger partial charge in [-0.2, -0.15) is 13.2 Å². The third-order valence-electron chi connectivity index (χ3n) is 5.04. The molecule has 0 bridgehead atoms. The topological polar surface area (TPSA) is 84.9 Å². The molecule has 7 nitrogen and oxygen atoms in total. The average Bonchev–Trinajstić information content (AvgIpc) is 2.67. The Labute approximate surface area is 166 Å². The average molecular weight is 412 g/mol. The second kappa shape index (κ2) is 8.93. The molecule has 0 spiro atoms. The lowest BCUT2D eigenvalue weighted by Gasteiger charge is -2.34. The first-order valence-corrected chi connectivity index (χ1v) is 9.36. The van der Waals surface area contributed by atoms with Gasteiger partial charge in [-0.25, -0.2) is 0 Å². The SMILES string of the molecule is O=C1Nc2c(cccc2C(F)(F)F)C(=O)C1=CNCCN1CCN(CCO)CC1. The lowest BCUT2D eigenvalue weighted by molar-refractivity contribution is -0.137. The van der Waals surface area contributed by atoms with Crippen molar-refractivity contribution in [2.75, 3.05) is 57.7 Å². The van der Waals surface area contributed by atoms with Gasteiger partial charge in [-0.3, -0.25) is 19.4 Å². The summed E-state index contributed by atoms with van der Waals surface area (Å²) in [5, 5.41) is 14.1. The van der Waals surface area contributed by atoms with E-state index >= 15 is 0 Å². The van der Waals surface area contributed by atoms with Gasteiger partial charge in [-0.1, -0.05) is 6.07 Å². The van der Waals surface area contributed by atoms with Crippen LogP contribution < -0.4 is 10.6 Å². The zero-order valence-corrected chi connectivity index (χ0v) is 15.8. The van der Waals surface area contributed by atoms with Crippen LogP contribution in [0.2, 0.25) is 0 Å². The number of carbonyl (C=O) groups is 2. The van der Waals surface area contributed by atoms with Crippen LogP contribution in [0, 0.1) is 0 Å². The minimum Gasteiger partial charge on any atom is -0.395 e. The Morgan fingerprint density at radius 3 is 2.38 bits per heavy atom. The number of nitrogens with one attached hydrogen (secondary N) is 2. The van der Waals surface area contributed by atoms with E-state index in [1.54, 1.807) is 0 Å². The van der Waals surface area contributed by atoms with E-state index in [1.165, 1.54) is 12.3 Å². The highest BCUT2D eigenvalue weighted by atomic mass is 19.4. The van der Waals surface area contributed by atoms with E-state index in [9.17, 15) is 22.8 Å². The highest BCUT2D eigenvalue weighted by molar-refractivity contribution is 6.34. The van der Waals surface area contributed by atoms with Gasteiger partial charge in [0.05, 0.1) is 17.9 Å². The Morgan fingerprint density at radius 1 is 1.10 bits per heavy atom. The second-order valence-electron chi connectivity index (χ2n) is 6.93. The van der Waals surface area contributed by atoms with Gasteiger partial charge in [0, 0.05) is 57.6 Å². The highest BCUT2D eigenvalue weighted by Gasteiger charge is 2.39. The van der Waals surface area contributed by atoms with Crippen LogP contribution in [0.3, 0.4) is 0 Å². The number of fused-ring (bicyclic) bond motifs is 1. The second-order valence-corrected chi connectivity index (χ2v) is 6.93. The van der Waals surface area contributed by atoms with Crippen molar-refractivity contribution in [2.24, 2.45) is 0 Å². The van der Waals surface area contributed by atoms with Crippen LogP contribution in [0.25, 0.3) is 0 Å². The van der Waals surface area contributed by atoms with Gasteiger partial charge in [0.25, 0.3) is 5.91 Å². The molecule has 1 fully saturated rings. The standard InChI is InChI=1S/C19H23F3N4O3/c20-19(21,22)15-3-1-2-13-16(15)24-18(29)14(17(13)28)12-23-4-5-25-6-8-26(9-7-25)10-11-27/h1-3,12,23,27H,4-11H2,(H,24,29). The van der Waals surface area contributed by atoms with Crippen molar-refractivity contribution in [2.45, 2.75) is 6.18 Å². The minimum absolute atomic E-state index is 0.138. The van der Waals surface area contributed by atoms with Crippen LogP contribution >= 0.6 is 0 Å². The van der Waals surface area contributed by atoms with Gasteiger partial charge in [0.15, 0.2) is 0 Å². The molecule has 0 saturated carbocycles. The number of aliphatic hydroxyl groups is 1. The normalized spacial score (nSPS) is 19.9. The molecule has 1 saturated heterocycles. The number of para-hydroxylation sites is 1. The number of halogens is 3. The maximum Gasteiger partial charge on any atom is 0.418 e. The molecule has 2 aliphatic rings. The lowest BCUT2D eigenvalue weighted by Crippen LogP contribution is -2.48. The Bertz CT molecular complexity index is 802. The van der Waals surface area contributed by atoms with Crippen molar-refractivity contribution >= 4 is 17.4 Å². The molecule has 0 radical (unpaired) electrons. The smallest absolute Gasteiger partial charge is 0.395 e. The fraction of sp³-hybridized carbons (Fsp3) is 0.474. The molecule has 29 heavy (non-hydrogen) atoms. The number of rotatable bonds is 6. The summed E-state index contributed by atoms with van der Waals surface area (Å²) in [7, 11) is 0. The summed E-state index contributed by atoms with van der Waals surface area (Å²) < 4.78 is 39.3. The minimum atomic E-state index is -4.67. The van der Waals surface area contributed by atoms with Crippen LogP contribution in [0.4, 0.5) is 18.9 Å². The summed E-state index contributed by atoms with van der Waals surface area (Å²) in [6.45, 7) is 5.41. The summed E-state index contributed by atoms with van der Waals surface area (Å²) in [6, 6.07) is 3.25. The zero-order chi connectivity index (χ0) is 21.0. The van der Waals surface area contributed by atoms with Gasteiger partial charge >= 0.3 is 6.18 Å². The van der Waals surface area contributed by atoms with Crippen molar-refractivity contribution in [1.82, 2.24) is 15.1 Å². The number of alkyl halides is 3. The monoisotopic (exact) mass is 412 g/mol. The predicted molar refractivity (Wildman–Crippen MR) is 100 cm³/mol. The number of benzene rings is 1. The number of aliphatic hydroxyl groups excluding tert-OH is 1. The number of piperazine rings is 1. The Hall–Kier alpha value is -2.43. The maximum atomic E-state index is 13.1. The first kappa shape index (κ1) is 21.3. The fourth-order valence-electron chi connectivity index (χ4n) is 3.45. The van der Waals surface area contributed by atoms with Crippen molar-refractivity contribution in [3.05, 3.63) is 41.1 Å². The highest BCUT2D eigenvalue weighted by Crippen LogP contribution is 2.39. The summed E-state index contributed by atoms with van der Waals surface area (Å²) in [4.78, 5) is 29.1. The third-order valence-corrected chi connectivity index (χ3v) is 5.04. The van der Waals surface area contributed by atoms with E-state index in [0.29, 0.717) is 19.6 Å². The fourth-order valence-corrected chi connectivity index (χ4v) is 3.45. The molecular weight excluding hydrogens is 389 g/mol. The van der Waals surface area contributed by atoms with E-state index < -0.39 is 29.1 Å². The van der Waals surface area contributed by atoms with Gasteiger partial charge < -0.3 is 15.7 Å². The number of hydrogen-bond donors (Lipinski definition) is 3. The molecule has 1 amide bonds. The van der Waals surface area contributed by atoms with Crippen LogP contribution in [-0.2, 0) is 11.0 Å². The van der Waals surface area contributed by atoms with Crippen molar-refractivity contribution in [1.29, 1.82) is 0 Å². The molecule has 1 aromatic carbocycles. The number of carbonyl (C=O) groups excluding carboxylic acids is 2. The summed E-state index contributed by atoms with van der Waals surface area (Å²) in [5.74, 6) is -1.59. The summed E-state index contributed by atoms with van der Waals surface area (Å²) in [6.07, 6.45) is -3.40. The van der Waals surface area contributed by atoms with Crippen LogP contribution in [0.5, 0.6) is 0 Å². The summed E-state index contributed by atoms with van der Waals surface area (Å²) in [5.41, 5.74) is -1.92. The number of Topliss-reactive ketones (excluding diaryl/α,β-unsaturated/α-hetero) is 1. The lowest BCUT2D eigenvalue weighted by atomic mass is 9.94. The zero-order valence-electron chi connectivity index (χ0n) is 15.8. The molecule has 10 heteroatoms. The molecule has 2 heterocycles. The number of anilines is 1.